The standard InChI is InChI=1S/C33H32O4/c1-32-13-11-24-25(28(32)12-14-33(32)35-15-16-36-33)10-9-21-18-29-22(17-27(21)24)19-30(37-29)31(34)26-8-4-6-20-5-2-3-7-23(20)26/h2-8,17-19,24-25,28H,9-16H2,1H3/t24-,25+,28-,32-/m0/s1. The zero-order valence-electron chi connectivity index (χ0n) is 21.3. The SMILES string of the molecule is C[C@]12CC[C@@H]3c4cc5cc(C(=O)c6cccc7ccccc67)oc5cc4CC[C@H]3[C@@H]1CCC21OCCO1. The lowest BCUT2D eigenvalue weighted by molar-refractivity contribution is -0.237. The average molecular weight is 493 g/mol. The van der Waals surface area contributed by atoms with E-state index in [2.05, 4.69) is 19.1 Å². The molecule has 3 aromatic carbocycles. The molecule has 3 aliphatic carbocycles. The number of hydrogen-bond donors (Lipinski definition) is 0. The second kappa shape index (κ2) is 7.78. The van der Waals surface area contributed by atoms with Crippen molar-refractivity contribution in [1.29, 1.82) is 0 Å². The lowest BCUT2D eigenvalue weighted by Crippen LogP contribution is -2.51. The van der Waals surface area contributed by atoms with Crippen molar-refractivity contribution in [2.45, 2.75) is 57.2 Å². The Morgan fingerprint density at radius 3 is 2.62 bits per heavy atom. The fraction of sp³-hybridized carbons (Fsp3) is 0.424. The summed E-state index contributed by atoms with van der Waals surface area (Å²) in [6, 6.07) is 20.4. The Bertz CT molecular complexity index is 1550. The summed E-state index contributed by atoms with van der Waals surface area (Å²) in [5, 5.41) is 3.08. The highest BCUT2D eigenvalue weighted by Gasteiger charge is 2.65. The molecule has 0 amide bonds. The van der Waals surface area contributed by atoms with Crippen LogP contribution in [0.25, 0.3) is 21.7 Å². The van der Waals surface area contributed by atoms with Crippen LogP contribution in [0.2, 0.25) is 0 Å². The molecule has 4 atom stereocenters. The number of carbonyl (C=O) groups excluding carboxylic acids is 1. The minimum atomic E-state index is -0.353. The molecule has 0 bridgehead atoms. The first-order valence-electron chi connectivity index (χ1n) is 13.9. The first kappa shape index (κ1) is 22.1. The second-order valence-electron chi connectivity index (χ2n) is 11.9. The molecule has 1 aliphatic heterocycles. The molecule has 1 saturated heterocycles. The Hall–Kier alpha value is -2.95. The monoisotopic (exact) mass is 492 g/mol. The van der Waals surface area contributed by atoms with Gasteiger partial charge in [0.05, 0.1) is 13.2 Å². The van der Waals surface area contributed by atoms with E-state index in [4.69, 9.17) is 13.9 Å². The van der Waals surface area contributed by atoms with Crippen LogP contribution < -0.4 is 0 Å². The molecule has 4 heteroatoms. The average Bonchev–Trinajstić information content (AvgIpc) is 3.65. The molecule has 0 unspecified atom stereocenters. The number of ether oxygens (including phenoxy) is 2. The highest BCUT2D eigenvalue weighted by Crippen LogP contribution is 2.66. The Labute approximate surface area is 216 Å². The van der Waals surface area contributed by atoms with E-state index in [1.165, 1.54) is 30.4 Å². The number of furan rings is 1. The highest BCUT2D eigenvalue weighted by molar-refractivity contribution is 6.16. The summed E-state index contributed by atoms with van der Waals surface area (Å²) in [5.74, 6) is 1.89. The minimum Gasteiger partial charge on any atom is -0.453 e. The molecule has 37 heavy (non-hydrogen) atoms. The zero-order chi connectivity index (χ0) is 24.8. The van der Waals surface area contributed by atoms with Crippen LogP contribution >= 0.6 is 0 Å². The molecule has 4 nitrogen and oxygen atoms in total. The number of benzene rings is 3. The van der Waals surface area contributed by atoms with Crippen LogP contribution in [0.3, 0.4) is 0 Å². The third kappa shape index (κ3) is 3.00. The smallest absolute Gasteiger partial charge is 0.228 e. The summed E-state index contributed by atoms with van der Waals surface area (Å²) in [7, 11) is 0. The summed E-state index contributed by atoms with van der Waals surface area (Å²) in [6.45, 7) is 3.90. The summed E-state index contributed by atoms with van der Waals surface area (Å²) in [5.41, 5.74) is 4.51. The topological polar surface area (TPSA) is 48.7 Å². The molecule has 0 N–H and O–H groups in total. The predicted molar refractivity (Wildman–Crippen MR) is 143 cm³/mol. The molecule has 3 fully saturated rings. The van der Waals surface area contributed by atoms with Crippen molar-refractivity contribution in [2.24, 2.45) is 17.3 Å². The molecule has 1 spiro atoms. The molecule has 8 rings (SSSR count). The molecular weight excluding hydrogens is 460 g/mol. The molecule has 2 heterocycles. The van der Waals surface area contributed by atoms with Gasteiger partial charge in [0.1, 0.15) is 5.58 Å². The minimum absolute atomic E-state index is 0.0508. The third-order valence-corrected chi connectivity index (χ3v) is 10.4. The molecule has 4 aromatic rings. The predicted octanol–water partition coefficient (Wildman–Crippen LogP) is 7.42. The van der Waals surface area contributed by atoms with Crippen molar-refractivity contribution in [3.05, 3.63) is 83.1 Å². The first-order chi connectivity index (χ1) is 18.1. The van der Waals surface area contributed by atoms with Gasteiger partial charge in [0.25, 0.3) is 0 Å². The third-order valence-electron chi connectivity index (χ3n) is 10.4. The van der Waals surface area contributed by atoms with E-state index < -0.39 is 0 Å². The maximum absolute atomic E-state index is 13.5. The van der Waals surface area contributed by atoms with Gasteiger partial charge in [0.15, 0.2) is 11.5 Å². The van der Waals surface area contributed by atoms with Crippen LogP contribution in [0.15, 0.2) is 65.1 Å². The summed E-state index contributed by atoms with van der Waals surface area (Å²) in [4.78, 5) is 13.5. The number of ketones is 1. The summed E-state index contributed by atoms with van der Waals surface area (Å²) in [6.07, 6.45) is 6.83. The normalized spacial score (nSPS) is 29.9. The van der Waals surface area contributed by atoms with E-state index in [0.29, 0.717) is 29.1 Å². The van der Waals surface area contributed by atoms with Gasteiger partial charge < -0.3 is 13.9 Å². The summed E-state index contributed by atoms with van der Waals surface area (Å²) < 4.78 is 18.8. The number of rotatable bonds is 2. The Morgan fingerprint density at radius 1 is 0.892 bits per heavy atom. The molecule has 1 aromatic heterocycles. The van der Waals surface area contributed by atoms with E-state index in [-0.39, 0.29) is 17.0 Å². The number of hydrogen-bond acceptors (Lipinski definition) is 4. The van der Waals surface area contributed by atoms with Crippen molar-refractivity contribution in [3.8, 4) is 0 Å². The van der Waals surface area contributed by atoms with Gasteiger partial charge in [0.2, 0.25) is 5.78 Å². The van der Waals surface area contributed by atoms with E-state index in [0.717, 1.165) is 54.2 Å². The summed E-state index contributed by atoms with van der Waals surface area (Å²) >= 11 is 0. The van der Waals surface area contributed by atoms with Crippen LogP contribution in [0.5, 0.6) is 0 Å². The number of carbonyl (C=O) groups is 1. The van der Waals surface area contributed by atoms with Gasteiger partial charge in [-0.1, -0.05) is 49.4 Å². The maximum Gasteiger partial charge on any atom is 0.228 e. The van der Waals surface area contributed by atoms with Crippen LogP contribution in [0.4, 0.5) is 0 Å². The quantitative estimate of drug-likeness (QED) is 0.273. The first-order valence-corrected chi connectivity index (χ1v) is 13.9. The van der Waals surface area contributed by atoms with Crippen molar-refractivity contribution < 1.29 is 18.7 Å². The van der Waals surface area contributed by atoms with Gasteiger partial charge in [0, 0.05) is 22.8 Å². The molecule has 2 saturated carbocycles. The van der Waals surface area contributed by atoms with Crippen molar-refractivity contribution in [3.63, 3.8) is 0 Å². The van der Waals surface area contributed by atoms with Crippen LogP contribution in [-0.4, -0.2) is 24.8 Å². The Kier molecular flexibility index (Phi) is 4.64. The lowest BCUT2D eigenvalue weighted by atomic mass is 9.55. The molecule has 188 valence electrons. The van der Waals surface area contributed by atoms with Gasteiger partial charge in [-0.15, -0.1) is 0 Å². The second-order valence-corrected chi connectivity index (χ2v) is 11.9. The highest BCUT2D eigenvalue weighted by atomic mass is 16.7. The number of aryl methyl sites for hydroxylation is 1. The molecule has 0 radical (unpaired) electrons. The zero-order valence-corrected chi connectivity index (χ0v) is 21.3. The van der Waals surface area contributed by atoms with E-state index in [1.54, 1.807) is 0 Å². The maximum atomic E-state index is 13.5. The molecular formula is C33H32O4. The van der Waals surface area contributed by atoms with Crippen LogP contribution in [-0.2, 0) is 15.9 Å². The van der Waals surface area contributed by atoms with E-state index >= 15 is 0 Å². The fourth-order valence-electron chi connectivity index (χ4n) is 8.66. The lowest BCUT2D eigenvalue weighted by Gasteiger charge is -2.52. The van der Waals surface area contributed by atoms with Crippen molar-refractivity contribution >= 4 is 27.5 Å². The van der Waals surface area contributed by atoms with E-state index in [1.807, 2.05) is 48.5 Å². The molecule has 4 aliphatic rings. The largest absolute Gasteiger partial charge is 0.453 e. The van der Waals surface area contributed by atoms with Gasteiger partial charge in [-0.2, -0.15) is 0 Å². The van der Waals surface area contributed by atoms with E-state index in [9.17, 15) is 4.79 Å². The fourth-order valence-corrected chi connectivity index (χ4v) is 8.66. The van der Waals surface area contributed by atoms with Gasteiger partial charge >= 0.3 is 0 Å². The Balaban J connectivity index is 1.15. The van der Waals surface area contributed by atoms with Gasteiger partial charge in [-0.25, -0.2) is 0 Å². The van der Waals surface area contributed by atoms with Crippen molar-refractivity contribution in [1.82, 2.24) is 0 Å². The number of fused-ring (bicyclic) bond motifs is 8. The van der Waals surface area contributed by atoms with Crippen LogP contribution in [0.1, 0.15) is 72.2 Å². The Morgan fingerprint density at radius 2 is 1.73 bits per heavy atom. The van der Waals surface area contributed by atoms with Crippen molar-refractivity contribution in [2.75, 3.05) is 13.2 Å². The van der Waals surface area contributed by atoms with Gasteiger partial charge in [-0.3, -0.25) is 4.79 Å². The van der Waals surface area contributed by atoms with Gasteiger partial charge in [-0.05, 0) is 90.0 Å². The van der Waals surface area contributed by atoms with Crippen LogP contribution in [0, 0.1) is 17.3 Å².